The van der Waals surface area contributed by atoms with Gasteiger partial charge in [-0.25, -0.2) is 9.97 Å². The van der Waals surface area contributed by atoms with Crippen molar-refractivity contribution in [3.05, 3.63) is 18.0 Å². The van der Waals surface area contributed by atoms with Gasteiger partial charge in [0, 0.05) is 21.9 Å². The summed E-state index contributed by atoms with van der Waals surface area (Å²) in [6.45, 7) is 2.09. The third kappa shape index (κ3) is 2.28. The third-order valence-electron chi connectivity index (χ3n) is 1.29. The lowest BCUT2D eigenvalue weighted by Gasteiger charge is -2.01. The van der Waals surface area contributed by atoms with Gasteiger partial charge in [0.25, 0.3) is 0 Å². The zero-order valence-electron chi connectivity index (χ0n) is 6.41. The van der Waals surface area contributed by atoms with Crippen molar-refractivity contribution in [2.45, 2.75) is 10.8 Å². The standard InChI is InChI=1S/C7H9IN2O/c1-5(8)6-3-9-7(11-2)10-4-6/h3-5H,1-2H3. The molecule has 1 rings (SSSR count). The first kappa shape index (κ1) is 8.70. The molecule has 11 heavy (non-hydrogen) atoms. The van der Waals surface area contributed by atoms with Crippen LogP contribution >= 0.6 is 22.6 Å². The van der Waals surface area contributed by atoms with E-state index in [1.165, 1.54) is 0 Å². The number of hydrogen-bond donors (Lipinski definition) is 0. The Kier molecular flexibility index (Phi) is 3.04. The van der Waals surface area contributed by atoms with Crippen molar-refractivity contribution in [3.63, 3.8) is 0 Å². The first-order valence-corrected chi connectivity index (χ1v) is 4.48. The van der Waals surface area contributed by atoms with E-state index in [2.05, 4.69) is 39.5 Å². The van der Waals surface area contributed by atoms with Gasteiger partial charge in [-0.3, -0.25) is 0 Å². The van der Waals surface area contributed by atoms with E-state index < -0.39 is 0 Å². The van der Waals surface area contributed by atoms with Crippen LogP contribution in [0.2, 0.25) is 0 Å². The predicted molar refractivity (Wildman–Crippen MR) is 51.0 cm³/mol. The zero-order valence-corrected chi connectivity index (χ0v) is 8.57. The molecule has 1 atom stereocenters. The van der Waals surface area contributed by atoms with Crippen LogP contribution in [0, 0.1) is 0 Å². The van der Waals surface area contributed by atoms with Gasteiger partial charge in [-0.15, -0.1) is 0 Å². The van der Waals surface area contributed by atoms with Gasteiger partial charge in [0.2, 0.25) is 0 Å². The van der Waals surface area contributed by atoms with E-state index in [0.717, 1.165) is 5.56 Å². The molecule has 0 amide bonds. The first-order chi connectivity index (χ1) is 5.24. The lowest BCUT2D eigenvalue weighted by atomic mass is 10.3. The Morgan fingerprint density at radius 2 is 2.00 bits per heavy atom. The van der Waals surface area contributed by atoms with Crippen molar-refractivity contribution in [1.82, 2.24) is 9.97 Å². The molecule has 0 aromatic carbocycles. The summed E-state index contributed by atoms with van der Waals surface area (Å²) in [5, 5.41) is 0. The predicted octanol–water partition coefficient (Wildman–Crippen LogP) is 1.98. The first-order valence-electron chi connectivity index (χ1n) is 3.24. The van der Waals surface area contributed by atoms with E-state index in [9.17, 15) is 0 Å². The number of alkyl halides is 1. The summed E-state index contributed by atoms with van der Waals surface area (Å²) in [4.78, 5) is 7.96. The summed E-state index contributed by atoms with van der Waals surface area (Å²) >= 11 is 2.31. The van der Waals surface area contributed by atoms with Gasteiger partial charge in [-0.05, 0) is 6.92 Å². The number of ether oxygens (including phenoxy) is 1. The Morgan fingerprint density at radius 3 is 2.36 bits per heavy atom. The maximum atomic E-state index is 4.82. The number of rotatable bonds is 2. The third-order valence-corrected chi connectivity index (χ3v) is 2.01. The van der Waals surface area contributed by atoms with Gasteiger partial charge < -0.3 is 4.74 Å². The summed E-state index contributed by atoms with van der Waals surface area (Å²) in [5.41, 5.74) is 1.12. The minimum Gasteiger partial charge on any atom is -0.467 e. The fourth-order valence-electron chi connectivity index (χ4n) is 0.637. The second kappa shape index (κ2) is 3.85. The van der Waals surface area contributed by atoms with E-state index >= 15 is 0 Å². The maximum Gasteiger partial charge on any atom is 0.316 e. The van der Waals surface area contributed by atoms with Crippen LogP contribution in [0.1, 0.15) is 16.4 Å². The Balaban J connectivity index is 2.83. The lowest BCUT2D eigenvalue weighted by Crippen LogP contribution is -1.93. The molecule has 0 saturated carbocycles. The highest BCUT2D eigenvalue weighted by molar-refractivity contribution is 14.1. The monoisotopic (exact) mass is 264 g/mol. The van der Waals surface area contributed by atoms with Crippen LogP contribution < -0.4 is 4.74 Å². The van der Waals surface area contributed by atoms with E-state index in [0.29, 0.717) is 9.94 Å². The highest BCUT2D eigenvalue weighted by atomic mass is 127. The average Bonchev–Trinajstić information content (AvgIpc) is 2.05. The largest absolute Gasteiger partial charge is 0.467 e. The normalized spacial score (nSPS) is 12.6. The van der Waals surface area contributed by atoms with Crippen LogP contribution in [-0.4, -0.2) is 17.1 Å². The SMILES string of the molecule is COc1ncc(C(C)I)cn1. The smallest absolute Gasteiger partial charge is 0.316 e. The summed E-state index contributed by atoms with van der Waals surface area (Å²) in [5.74, 6) is 0. The average molecular weight is 264 g/mol. The highest BCUT2D eigenvalue weighted by Crippen LogP contribution is 2.20. The van der Waals surface area contributed by atoms with Crippen molar-refractivity contribution in [2.75, 3.05) is 7.11 Å². The number of hydrogen-bond acceptors (Lipinski definition) is 3. The van der Waals surface area contributed by atoms with Crippen LogP contribution in [-0.2, 0) is 0 Å². The molecule has 0 fully saturated rings. The molecule has 3 nitrogen and oxygen atoms in total. The Hall–Kier alpha value is -0.390. The topological polar surface area (TPSA) is 35.0 Å². The molecule has 60 valence electrons. The van der Waals surface area contributed by atoms with Gasteiger partial charge in [-0.2, -0.15) is 0 Å². The summed E-state index contributed by atoms with van der Waals surface area (Å²) in [6, 6.07) is 0.422. The molecule has 0 spiro atoms. The minimum absolute atomic E-state index is 0.422. The fourth-order valence-corrected chi connectivity index (χ4v) is 0.959. The quantitative estimate of drug-likeness (QED) is 0.605. The van der Waals surface area contributed by atoms with E-state index in [1.807, 2.05) is 0 Å². The summed E-state index contributed by atoms with van der Waals surface area (Å²) in [6.07, 6.45) is 3.56. The minimum atomic E-state index is 0.422. The van der Waals surface area contributed by atoms with Crippen molar-refractivity contribution in [1.29, 1.82) is 0 Å². The number of aromatic nitrogens is 2. The van der Waals surface area contributed by atoms with Crippen molar-refractivity contribution < 1.29 is 4.74 Å². The number of halogens is 1. The molecule has 0 bridgehead atoms. The molecule has 0 N–H and O–H groups in total. The molecule has 1 aromatic heterocycles. The molecule has 1 unspecified atom stereocenters. The van der Waals surface area contributed by atoms with Crippen LogP contribution in [0.4, 0.5) is 0 Å². The second-order valence-electron chi connectivity index (χ2n) is 2.12. The van der Waals surface area contributed by atoms with E-state index in [4.69, 9.17) is 4.74 Å². The molecule has 0 aliphatic heterocycles. The van der Waals surface area contributed by atoms with Crippen molar-refractivity contribution in [2.24, 2.45) is 0 Å². The van der Waals surface area contributed by atoms with Gasteiger partial charge in [0.05, 0.1) is 7.11 Å². The molecule has 0 aliphatic carbocycles. The van der Waals surface area contributed by atoms with Crippen molar-refractivity contribution in [3.8, 4) is 6.01 Å². The number of nitrogens with zero attached hydrogens (tertiary/aromatic N) is 2. The fraction of sp³-hybridized carbons (Fsp3) is 0.429. The van der Waals surface area contributed by atoms with Crippen LogP contribution in [0.3, 0.4) is 0 Å². The summed E-state index contributed by atoms with van der Waals surface area (Å²) in [7, 11) is 1.56. The van der Waals surface area contributed by atoms with Gasteiger partial charge >= 0.3 is 6.01 Å². The van der Waals surface area contributed by atoms with Crippen LogP contribution in [0.25, 0.3) is 0 Å². The Labute approximate surface area is 79.3 Å². The molecule has 1 aromatic rings. The molecule has 0 saturated heterocycles. The van der Waals surface area contributed by atoms with Gasteiger partial charge in [-0.1, -0.05) is 22.6 Å². The molecular formula is C7H9IN2O. The lowest BCUT2D eigenvalue weighted by molar-refractivity contribution is 0.379. The second-order valence-corrected chi connectivity index (χ2v) is 3.99. The highest BCUT2D eigenvalue weighted by Gasteiger charge is 2.01. The molecule has 4 heteroatoms. The maximum absolute atomic E-state index is 4.82. The van der Waals surface area contributed by atoms with E-state index in [-0.39, 0.29) is 0 Å². The molecular weight excluding hydrogens is 255 g/mol. The zero-order chi connectivity index (χ0) is 8.27. The van der Waals surface area contributed by atoms with Crippen LogP contribution in [0.15, 0.2) is 12.4 Å². The van der Waals surface area contributed by atoms with Crippen molar-refractivity contribution >= 4 is 22.6 Å². The number of methoxy groups -OCH3 is 1. The van der Waals surface area contributed by atoms with Gasteiger partial charge in [0.15, 0.2) is 0 Å². The molecule has 0 aliphatic rings. The molecule has 0 radical (unpaired) electrons. The van der Waals surface area contributed by atoms with Crippen LogP contribution in [0.5, 0.6) is 6.01 Å². The summed E-state index contributed by atoms with van der Waals surface area (Å²) < 4.78 is 5.27. The van der Waals surface area contributed by atoms with E-state index in [1.54, 1.807) is 19.5 Å². The Morgan fingerprint density at radius 1 is 1.45 bits per heavy atom. The molecule has 1 heterocycles. The van der Waals surface area contributed by atoms with Gasteiger partial charge in [0.1, 0.15) is 0 Å². The Bertz CT molecular complexity index is 222.